The summed E-state index contributed by atoms with van der Waals surface area (Å²) in [6.07, 6.45) is 2.62. The first-order valence-corrected chi connectivity index (χ1v) is 7.66. The van der Waals surface area contributed by atoms with Crippen molar-refractivity contribution in [3.8, 4) is 6.07 Å². The molecule has 0 unspecified atom stereocenters. The van der Waals surface area contributed by atoms with Gasteiger partial charge in [0, 0.05) is 38.6 Å². The Morgan fingerprint density at radius 1 is 1.41 bits per heavy atom. The van der Waals surface area contributed by atoms with Crippen LogP contribution >= 0.6 is 0 Å². The Kier molecular flexibility index (Phi) is 4.29. The number of rotatable bonds is 5. The Morgan fingerprint density at radius 2 is 2.14 bits per heavy atom. The fourth-order valence-electron chi connectivity index (χ4n) is 2.65. The van der Waals surface area contributed by atoms with E-state index < -0.39 is 0 Å². The molecule has 1 aromatic rings. The van der Waals surface area contributed by atoms with E-state index in [-0.39, 0.29) is 5.97 Å². The third-order valence-electron chi connectivity index (χ3n) is 4.18. The number of aromatic nitrogens is 1. The molecule has 1 aliphatic carbocycles. The number of ether oxygens (including phenoxy) is 1. The summed E-state index contributed by atoms with van der Waals surface area (Å²) in [6, 6.07) is 2.13. The van der Waals surface area contributed by atoms with Crippen LogP contribution in [0.2, 0.25) is 0 Å². The summed E-state index contributed by atoms with van der Waals surface area (Å²) in [5, 5.41) is 9.23. The molecule has 1 saturated carbocycles. The number of methoxy groups -OCH3 is 1. The SMILES string of the molecule is COC(=O)CCN1CCN(c2oc(C3CC3)nc2C#N)CC1. The van der Waals surface area contributed by atoms with Gasteiger partial charge in [-0.1, -0.05) is 0 Å². The monoisotopic (exact) mass is 304 g/mol. The van der Waals surface area contributed by atoms with E-state index in [9.17, 15) is 10.1 Å². The van der Waals surface area contributed by atoms with Crippen LogP contribution in [0.15, 0.2) is 4.42 Å². The van der Waals surface area contributed by atoms with E-state index in [2.05, 4.69) is 25.6 Å². The van der Waals surface area contributed by atoms with Gasteiger partial charge in [-0.2, -0.15) is 5.26 Å². The molecule has 2 fully saturated rings. The highest BCUT2D eigenvalue weighted by molar-refractivity contribution is 5.69. The van der Waals surface area contributed by atoms with Crippen LogP contribution in [0.5, 0.6) is 0 Å². The van der Waals surface area contributed by atoms with Crippen LogP contribution in [0.4, 0.5) is 5.88 Å². The number of piperazine rings is 1. The summed E-state index contributed by atoms with van der Waals surface area (Å²) in [4.78, 5) is 19.8. The smallest absolute Gasteiger partial charge is 0.306 e. The van der Waals surface area contributed by atoms with Crippen molar-refractivity contribution in [1.82, 2.24) is 9.88 Å². The van der Waals surface area contributed by atoms with Crippen molar-refractivity contribution in [1.29, 1.82) is 5.26 Å². The molecular formula is C15H20N4O3. The van der Waals surface area contributed by atoms with Gasteiger partial charge in [-0.25, -0.2) is 4.98 Å². The van der Waals surface area contributed by atoms with E-state index in [1.807, 2.05) is 0 Å². The van der Waals surface area contributed by atoms with Gasteiger partial charge in [0.15, 0.2) is 0 Å². The zero-order chi connectivity index (χ0) is 15.5. The van der Waals surface area contributed by atoms with Gasteiger partial charge in [0.2, 0.25) is 17.5 Å². The second kappa shape index (κ2) is 6.36. The number of carbonyl (C=O) groups is 1. The van der Waals surface area contributed by atoms with Crippen LogP contribution in [0.3, 0.4) is 0 Å². The maximum Gasteiger partial charge on any atom is 0.306 e. The average Bonchev–Trinajstić information content (AvgIpc) is 3.32. The van der Waals surface area contributed by atoms with Crippen LogP contribution in [-0.4, -0.2) is 55.7 Å². The highest BCUT2D eigenvalue weighted by atomic mass is 16.5. The highest BCUT2D eigenvalue weighted by Gasteiger charge is 2.32. The fourth-order valence-corrected chi connectivity index (χ4v) is 2.65. The predicted octanol–water partition coefficient (Wildman–Crippen LogP) is 1.11. The van der Waals surface area contributed by atoms with E-state index in [1.54, 1.807) is 0 Å². The molecule has 1 aromatic heterocycles. The summed E-state index contributed by atoms with van der Waals surface area (Å²) in [6.45, 7) is 3.92. The number of hydrogen-bond acceptors (Lipinski definition) is 7. The molecule has 2 aliphatic rings. The van der Waals surface area contributed by atoms with Crippen LogP contribution in [0.25, 0.3) is 0 Å². The second-order valence-corrected chi connectivity index (χ2v) is 5.75. The molecule has 0 spiro atoms. The molecule has 22 heavy (non-hydrogen) atoms. The molecule has 0 atom stereocenters. The van der Waals surface area contributed by atoms with E-state index in [0.29, 0.717) is 36.4 Å². The van der Waals surface area contributed by atoms with Gasteiger partial charge in [0.1, 0.15) is 6.07 Å². The number of hydrogen-bond donors (Lipinski definition) is 0. The minimum Gasteiger partial charge on any atom is -0.469 e. The lowest BCUT2D eigenvalue weighted by Crippen LogP contribution is -2.47. The van der Waals surface area contributed by atoms with Crippen molar-refractivity contribution < 1.29 is 13.9 Å². The quantitative estimate of drug-likeness (QED) is 0.753. The molecule has 0 radical (unpaired) electrons. The summed E-state index contributed by atoms with van der Waals surface area (Å²) < 4.78 is 10.5. The third-order valence-corrected chi connectivity index (χ3v) is 4.18. The van der Waals surface area contributed by atoms with Crippen molar-refractivity contribution >= 4 is 11.9 Å². The van der Waals surface area contributed by atoms with Crippen LogP contribution in [0, 0.1) is 11.3 Å². The molecule has 0 N–H and O–H groups in total. The summed E-state index contributed by atoms with van der Waals surface area (Å²) in [5.74, 6) is 1.54. The lowest BCUT2D eigenvalue weighted by atomic mass is 10.3. The van der Waals surface area contributed by atoms with Gasteiger partial charge in [0.05, 0.1) is 13.5 Å². The Labute approximate surface area is 129 Å². The third kappa shape index (κ3) is 3.22. The molecule has 1 saturated heterocycles. The van der Waals surface area contributed by atoms with E-state index in [1.165, 1.54) is 7.11 Å². The van der Waals surface area contributed by atoms with Crippen LogP contribution in [0.1, 0.15) is 36.8 Å². The van der Waals surface area contributed by atoms with Crippen molar-refractivity contribution in [3.63, 3.8) is 0 Å². The maximum absolute atomic E-state index is 11.2. The Bertz CT molecular complexity index is 580. The number of anilines is 1. The van der Waals surface area contributed by atoms with Crippen molar-refractivity contribution in [2.45, 2.75) is 25.2 Å². The largest absolute Gasteiger partial charge is 0.469 e. The maximum atomic E-state index is 11.2. The van der Waals surface area contributed by atoms with Gasteiger partial charge in [-0.15, -0.1) is 0 Å². The second-order valence-electron chi connectivity index (χ2n) is 5.75. The summed E-state index contributed by atoms with van der Waals surface area (Å²) >= 11 is 0. The first-order chi connectivity index (χ1) is 10.7. The Hall–Kier alpha value is -2.07. The molecule has 2 heterocycles. The molecule has 3 rings (SSSR count). The van der Waals surface area contributed by atoms with Crippen molar-refractivity contribution in [3.05, 3.63) is 11.6 Å². The highest BCUT2D eigenvalue weighted by Crippen LogP contribution is 2.41. The lowest BCUT2D eigenvalue weighted by molar-refractivity contribution is -0.141. The molecule has 118 valence electrons. The predicted molar refractivity (Wildman–Crippen MR) is 78.5 cm³/mol. The minimum absolute atomic E-state index is 0.182. The number of nitriles is 1. The average molecular weight is 304 g/mol. The topological polar surface area (TPSA) is 82.6 Å². The van der Waals surface area contributed by atoms with Crippen molar-refractivity contribution in [2.24, 2.45) is 0 Å². The fraction of sp³-hybridized carbons (Fsp3) is 0.667. The molecular weight excluding hydrogens is 284 g/mol. The van der Waals surface area contributed by atoms with Crippen LogP contribution < -0.4 is 4.90 Å². The summed E-state index contributed by atoms with van der Waals surface area (Å²) in [7, 11) is 1.41. The van der Waals surface area contributed by atoms with Gasteiger partial charge >= 0.3 is 5.97 Å². The van der Waals surface area contributed by atoms with E-state index >= 15 is 0 Å². The minimum atomic E-state index is -0.182. The lowest BCUT2D eigenvalue weighted by Gasteiger charge is -2.34. The van der Waals surface area contributed by atoms with Gasteiger partial charge in [0.25, 0.3) is 0 Å². The van der Waals surface area contributed by atoms with Gasteiger partial charge in [-0.05, 0) is 12.8 Å². The number of oxazole rings is 1. The molecule has 7 heteroatoms. The van der Waals surface area contributed by atoms with Gasteiger partial charge < -0.3 is 14.1 Å². The Morgan fingerprint density at radius 3 is 2.73 bits per heavy atom. The normalized spacial score (nSPS) is 19.0. The zero-order valence-electron chi connectivity index (χ0n) is 12.7. The zero-order valence-corrected chi connectivity index (χ0v) is 12.7. The Balaban J connectivity index is 1.57. The molecule has 0 amide bonds. The summed E-state index contributed by atoms with van der Waals surface area (Å²) in [5.41, 5.74) is 0.393. The van der Waals surface area contributed by atoms with Crippen LogP contribution in [-0.2, 0) is 9.53 Å². The molecule has 1 aliphatic heterocycles. The molecule has 0 aromatic carbocycles. The van der Waals surface area contributed by atoms with E-state index in [0.717, 1.165) is 39.0 Å². The number of esters is 1. The number of carbonyl (C=O) groups excluding carboxylic acids is 1. The first-order valence-electron chi connectivity index (χ1n) is 7.66. The molecule has 7 nitrogen and oxygen atoms in total. The number of nitrogens with zero attached hydrogens (tertiary/aromatic N) is 4. The first kappa shape index (κ1) is 14.9. The van der Waals surface area contributed by atoms with Crippen molar-refractivity contribution in [2.75, 3.05) is 44.7 Å². The van der Waals surface area contributed by atoms with E-state index in [4.69, 9.17) is 4.42 Å². The standard InChI is InChI=1S/C15H20N4O3/c1-21-13(20)4-5-18-6-8-19(9-7-18)15-12(10-16)17-14(22-15)11-2-3-11/h11H,2-9H2,1H3. The van der Waals surface area contributed by atoms with Gasteiger partial charge in [-0.3, -0.25) is 9.69 Å². The molecule has 0 bridgehead atoms.